The van der Waals surface area contributed by atoms with Crippen molar-refractivity contribution in [3.8, 4) is 0 Å². The highest BCUT2D eigenvalue weighted by molar-refractivity contribution is 5.89. The summed E-state index contributed by atoms with van der Waals surface area (Å²) in [4.78, 5) is 39.2. The van der Waals surface area contributed by atoms with Crippen LogP contribution in [-0.2, 0) is 23.9 Å². The number of hydrogen-bond donors (Lipinski definition) is 0. The van der Waals surface area contributed by atoms with Gasteiger partial charge in [0, 0.05) is 25.2 Å². The van der Waals surface area contributed by atoms with Gasteiger partial charge in [-0.05, 0) is 0 Å². The highest BCUT2D eigenvalue weighted by atomic mass is 16.5. The van der Waals surface area contributed by atoms with Crippen molar-refractivity contribution in [2.45, 2.75) is 36.5 Å². The summed E-state index contributed by atoms with van der Waals surface area (Å²) in [6.45, 7) is 2.09. The molecule has 0 radical (unpaired) electrons. The van der Waals surface area contributed by atoms with Crippen LogP contribution in [0.15, 0.2) is 20.5 Å². The second kappa shape index (κ2) is 5.06. The first kappa shape index (κ1) is 16.1. The molecule has 0 N–H and O–H groups in total. The van der Waals surface area contributed by atoms with Gasteiger partial charge in [0.05, 0.1) is 39.4 Å². The van der Waals surface area contributed by atoms with Crippen LogP contribution in [0.1, 0.15) is 13.3 Å². The number of hydrogen-bond acceptors (Lipinski definition) is 9. The quantitative estimate of drug-likeness (QED) is 0.512. The van der Waals surface area contributed by atoms with Crippen LogP contribution >= 0.6 is 0 Å². The number of amides is 1. The predicted octanol–water partition coefficient (Wildman–Crippen LogP) is -0.0230. The molecule has 1 saturated heterocycles. The van der Waals surface area contributed by atoms with Crippen molar-refractivity contribution in [3.05, 3.63) is 0 Å². The van der Waals surface area contributed by atoms with Crippen molar-refractivity contribution >= 4 is 17.8 Å². The van der Waals surface area contributed by atoms with Gasteiger partial charge in [-0.3, -0.25) is 4.79 Å². The van der Waals surface area contributed by atoms with E-state index in [1.54, 1.807) is 4.90 Å². The first-order chi connectivity index (χ1) is 11.9. The third-order valence-electron chi connectivity index (χ3n) is 5.99. The molecular formula is C15H19N5O5. The maximum atomic E-state index is 12.7. The zero-order valence-electron chi connectivity index (χ0n) is 14.2. The largest absolute Gasteiger partial charge is 0.467 e. The number of esters is 2. The summed E-state index contributed by atoms with van der Waals surface area (Å²) in [5.41, 5.74) is -2.71. The lowest BCUT2D eigenvalue weighted by molar-refractivity contribution is -0.155. The van der Waals surface area contributed by atoms with Crippen LogP contribution in [0.4, 0.5) is 0 Å². The number of methoxy groups -OCH3 is 2. The second-order valence-corrected chi connectivity index (χ2v) is 6.98. The Balaban J connectivity index is 1.88. The van der Waals surface area contributed by atoms with Crippen LogP contribution in [-0.4, -0.2) is 73.2 Å². The SMILES string of the molecule is COC(=O)[C@@]12C[C@]3(C(=O)OC)N=NC[C@@H]3[C@H]3[C@@H]([C@@H]1CN=N2)N3C(C)=O. The first-order valence-electron chi connectivity index (χ1n) is 8.16. The standard InChI is InChI=1S/C15H19N5O5/c1-7(21)20-10-8-4-16-18-14(8,12(22)24-2)6-15(13(23)25-3)9(11(10)20)5-17-19-15/h8-11H,4-6H2,1-3H3/t8-,9+,10+,11-,14+,15-,20?. The maximum Gasteiger partial charge on any atom is 0.336 e. The zero-order valence-corrected chi connectivity index (χ0v) is 14.2. The third-order valence-corrected chi connectivity index (χ3v) is 5.99. The highest BCUT2D eigenvalue weighted by Gasteiger charge is 2.76. The van der Waals surface area contributed by atoms with Crippen molar-refractivity contribution in [2.75, 3.05) is 27.3 Å². The fourth-order valence-corrected chi connectivity index (χ4v) is 4.92. The molecule has 2 fully saturated rings. The normalized spacial score (nSPS) is 42.9. The van der Waals surface area contributed by atoms with E-state index in [1.165, 1.54) is 21.1 Å². The van der Waals surface area contributed by atoms with Crippen LogP contribution in [0.3, 0.4) is 0 Å². The van der Waals surface area contributed by atoms with Gasteiger partial charge < -0.3 is 14.4 Å². The molecule has 0 unspecified atom stereocenters. The Morgan fingerprint density at radius 2 is 1.36 bits per heavy atom. The van der Waals surface area contributed by atoms with Crippen molar-refractivity contribution in [2.24, 2.45) is 32.3 Å². The molecule has 1 amide bonds. The molecule has 25 heavy (non-hydrogen) atoms. The summed E-state index contributed by atoms with van der Waals surface area (Å²) in [6.07, 6.45) is 0.000421. The average molecular weight is 349 g/mol. The van der Waals surface area contributed by atoms with Gasteiger partial charge in [0.15, 0.2) is 11.1 Å². The van der Waals surface area contributed by atoms with Crippen molar-refractivity contribution < 1.29 is 23.9 Å². The minimum absolute atomic E-state index is 0.000421. The molecular weight excluding hydrogens is 330 g/mol. The van der Waals surface area contributed by atoms with Gasteiger partial charge in [-0.25, -0.2) is 9.59 Å². The predicted molar refractivity (Wildman–Crippen MR) is 80.6 cm³/mol. The summed E-state index contributed by atoms with van der Waals surface area (Å²) in [5.74, 6) is -1.93. The van der Waals surface area contributed by atoms with E-state index >= 15 is 0 Å². The average Bonchev–Trinajstić information content (AvgIpc) is 3.00. The van der Waals surface area contributed by atoms with Crippen molar-refractivity contribution in [3.63, 3.8) is 0 Å². The second-order valence-electron chi connectivity index (χ2n) is 6.98. The molecule has 0 spiro atoms. The Kier molecular flexibility index (Phi) is 3.26. The lowest BCUT2D eigenvalue weighted by Gasteiger charge is -2.35. The van der Waals surface area contributed by atoms with Crippen LogP contribution in [0, 0.1) is 11.8 Å². The van der Waals surface area contributed by atoms with Gasteiger partial charge in [-0.2, -0.15) is 20.5 Å². The Labute approximate surface area is 143 Å². The number of rotatable bonds is 2. The van der Waals surface area contributed by atoms with Gasteiger partial charge in [0.2, 0.25) is 5.91 Å². The number of ether oxygens (including phenoxy) is 2. The van der Waals surface area contributed by atoms with Gasteiger partial charge in [-0.1, -0.05) is 0 Å². The molecule has 0 aromatic rings. The number of likely N-dealkylation sites (tertiary alicyclic amines) is 1. The maximum absolute atomic E-state index is 12.7. The van der Waals surface area contributed by atoms with E-state index in [9.17, 15) is 14.4 Å². The highest BCUT2D eigenvalue weighted by Crippen LogP contribution is 2.58. The molecule has 1 saturated carbocycles. The fraction of sp³-hybridized carbons (Fsp3) is 0.800. The number of carbonyl (C=O) groups excluding carboxylic acids is 3. The van der Waals surface area contributed by atoms with Crippen molar-refractivity contribution in [1.29, 1.82) is 0 Å². The molecule has 0 bridgehead atoms. The Morgan fingerprint density at radius 3 is 1.72 bits per heavy atom. The topological polar surface area (TPSA) is 122 Å². The summed E-state index contributed by atoms with van der Waals surface area (Å²) in [6, 6.07) is -0.460. The monoisotopic (exact) mass is 349 g/mol. The molecule has 10 heteroatoms. The first-order valence-corrected chi connectivity index (χ1v) is 8.16. The molecule has 1 aliphatic carbocycles. The van der Waals surface area contributed by atoms with E-state index in [0.717, 1.165) is 0 Å². The summed E-state index contributed by atoms with van der Waals surface area (Å²) in [5, 5.41) is 16.6. The van der Waals surface area contributed by atoms with E-state index in [-0.39, 0.29) is 36.2 Å². The molecule has 10 nitrogen and oxygen atoms in total. The Bertz CT molecular complexity index is 671. The lowest BCUT2D eigenvalue weighted by atomic mass is 9.73. The minimum Gasteiger partial charge on any atom is -0.467 e. The number of azo groups is 2. The Morgan fingerprint density at radius 1 is 0.920 bits per heavy atom. The lowest BCUT2D eigenvalue weighted by Crippen LogP contribution is -2.55. The smallest absolute Gasteiger partial charge is 0.336 e. The number of carbonyl (C=O) groups is 3. The third kappa shape index (κ3) is 1.82. The van der Waals surface area contributed by atoms with E-state index in [0.29, 0.717) is 13.1 Å². The van der Waals surface area contributed by atoms with Crippen LogP contribution in [0.5, 0.6) is 0 Å². The zero-order chi connectivity index (χ0) is 18.0. The summed E-state index contributed by atoms with van der Waals surface area (Å²) < 4.78 is 10.00. The van der Waals surface area contributed by atoms with Gasteiger partial charge >= 0.3 is 11.9 Å². The van der Waals surface area contributed by atoms with E-state index in [1.807, 2.05) is 0 Å². The molecule has 0 aromatic heterocycles. The number of fused-ring (bicyclic) bond motifs is 5. The molecule has 0 aromatic carbocycles. The molecule has 3 aliphatic heterocycles. The summed E-state index contributed by atoms with van der Waals surface area (Å²) in [7, 11) is 2.55. The number of nitrogens with zero attached hydrogens (tertiary/aromatic N) is 5. The van der Waals surface area contributed by atoms with Crippen LogP contribution in [0.2, 0.25) is 0 Å². The molecule has 6 atom stereocenters. The van der Waals surface area contributed by atoms with E-state index in [2.05, 4.69) is 20.5 Å². The van der Waals surface area contributed by atoms with Gasteiger partial charge in [0.1, 0.15) is 0 Å². The molecule has 4 aliphatic rings. The minimum atomic E-state index is -1.35. The van der Waals surface area contributed by atoms with Crippen LogP contribution in [0.25, 0.3) is 0 Å². The molecule has 4 rings (SSSR count). The Hall–Kier alpha value is -2.39. The van der Waals surface area contributed by atoms with E-state index < -0.39 is 23.0 Å². The van der Waals surface area contributed by atoms with Gasteiger partial charge in [0.25, 0.3) is 0 Å². The molecule has 134 valence electrons. The van der Waals surface area contributed by atoms with E-state index in [4.69, 9.17) is 9.47 Å². The molecule has 3 heterocycles. The van der Waals surface area contributed by atoms with Gasteiger partial charge in [-0.15, -0.1) is 0 Å². The fourth-order valence-electron chi connectivity index (χ4n) is 4.92. The summed E-state index contributed by atoms with van der Waals surface area (Å²) >= 11 is 0. The van der Waals surface area contributed by atoms with Crippen LogP contribution < -0.4 is 0 Å². The van der Waals surface area contributed by atoms with Crippen molar-refractivity contribution in [1.82, 2.24) is 4.90 Å².